The molecule has 2 aromatic carbocycles. The van der Waals surface area contributed by atoms with Crippen molar-refractivity contribution in [3.05, 3.63) is 64.7 Å². The van der Waals surface area contributed by atoms with Gasteiger partial charge in [-0.05, 0) is 30.3 Å². The fourth-order valence-electron chi connectivity index (χ4n) is 2.16. The van der Waals surface area contributed by atoms with Crippen molar-refractivity contribution in [1.82, 2.24) is 4.90 Å². The molecular formula is C17H14ClF3N2O2. The molecule has 0 bridgehead atoms. The average molecular weight is 371 g/mol. The lowest BCUT2D eigenvalue weighted by Crippen LogP contribution is -2.35. The molecule has 0 aliphatic rings. The second kappa shape index (κ2) is 7.57. The first kappa shape index (κ1) is 18.8. The van der Waals surface area contributed by atoms with Crippen molar-refractivity contribution >= 4 is 29.1 Å². The Balaban J connectivity index is 2.07. The number of anilines is 1. The highest BCUT2D eigenvalue weighted by molar-refractivity contribution is 6.31. The maximum Gasteiger partial charge on any atom is 0.418 e. The van der Waals surface area contributed by atoms with E-state index in [1.807, 2.05) is 0 Å². The van der Waals surface area contributed by atoms with E-state index < -0.39 is 30.1 Å². The molecule has 4 nitrogen and oxygen atoms in total. The zero-order valence-electron chi connectivity index (χ0n) is 13.1. The molecule has 0 fully saturated rings. The van der Waals surface area contributed by atoms with Crippen molar-refractivity contribution in [2.24, 2.45) is 0 Å². The van der Waals surface area contributed by atoms with Crippen LogP contribution in [0.4, 0.5) is 18.9 Å². The highest BCUT2D eigenvalue weighted by Crippen LogP contribution is 2.34. The molecule has 0 spiro atoms. The van der Waals surface area contributed by atoms with Gasteiger partial charge in [0.2, 0.25) is 5.91 Å². The number of carbonyl (C=O) groups is 2. The molecule has 0 aliphatic heterocycles. The van der Waals surface area contributed by atoms with Crippen LogP contribution in [0.2, 0.25) is 5.02 Å². The molecule has 0 heterocycles. The Bertz CT molecular complexity index is 793. The third kappa shape index (κ3) is 4.96. The van der Waals surface area contributed by atoms with E-state index in [4.69, 9.17) is 11.6 Å². The first-order valence-corrected chi connectivity index (χ1v) is 7.53. The molecule has 2 rings (SSSR count). The number of para-hydroxylation sites is 1. The minimum atomic E-state index is -4.59. The van der Waals surface area contributed by atoms with E-state index in [1.54, 1.807) is 12.1 Å². The molecule has 8 heteroatoms. The number of amides is 2. The standard InChI is InChI=1S/C17H14ClF3N2O2/c1-23(16(25)11-5-4-6-12(18)9-11)10-15(24)22-14-8-3-2-7-13(14)17(19,20)21/h2-9H,10H2,1H3,(H,22,24). The second-order valence-corrected chi connectivity index (χ2v) is 5.70. The number of likely N-dealkylation sites (N-methyl/N-ethyl adjacent to an activating group) is 1. The summed E-state index contributed by atoms with van der Waals surface area (Å²) in [5, 5.41) is 2.55. The summed E-state index contributed by atoms with van der Waals surface area (Å²) in [6.45, 7) is -0.405. The number of nitrogens with zero attached hydrogens (tertiary/aromatic N) is 1. The van der Waals surface area contributed by atoms with Crippen LogP contribution in [0.25, 0.3) is 0 Å². The highest BCUT2D eigenvalue weighted by atomic mass is 35.5. The minimum Gasteiger partial charge on any atom is -0.332 e. The van der Waals surface area contributed by atoms with Crippen LogP contribution in [-0.2, 0) is 11.0 Å². The molecule has 2 amide bonds. The molecular weight excluding hydrogens is 357 g/mol. The fourth-order valence-corrected chi connectivity index (χ4v) is 2.35. The molecule has 0 saturated carbocycles. The topological polar surface area (TPSA) is 49.4 Å². The first-order chi connectivity index (χ1) is 11.7. The van der Waals surface area contributed by atoms with E-state index in [0.717, 1.165) is 17.0 Å². The molecule has 25 heavy (non-hydrogen) atoms. The summed E-state index contributed by atoms with van der Waals surface area (Å²) in [6, 6.07) is 10.8. The molecule has 1 N–H and O–H groups in total. The Morgan fingerprint density at radius 1 is 1.12 bits per heavy atom. The fraction of sp³-hybridized carbons (Fsp3) is 0.176. The van der Waals surface area contributed by atoms with Crippen molar-refractivity contribution < 1.29 is 22.8 Å². The number of alkyl halides is 3. The summed E-state index contributed by atoms with van der Waals surface area (Å²) >= 11 is 5.81. The van der Waals surface area contributed by atoms with Crippen LogP contribution in [0, 0.1) is 0 Å². The Morgan fingerprint density at radius 3 is 2.44 bits per heavy atom. The lowest BCUT2D eigenvalue weighted by Gasteiger charge is -2.18. The maximum atomic E-state index is 12.9. The van der Waals surface area contributed by atoms with Gasteiger partial charge >= 0.3 is 6.18 Å². The Kier molecular flexibility index (Phi) is 5.69. The van der Waals surface area contributed by atoms with E-state index in [1.165, 1.54) is 31.3 Å². The summed E-state index contributed by atoms with van der Waals surface area (Å²) < 4.78 is 38.8. The number of carbonyl (C=O) groups excluding carboxylic acids is 2. The van der Waals surface area contributed by atoms with E-state index in [-0.39, 0.29) is 11.3 Å². The summed E-state index contributed by atoms with van der Waals surface area (Å²) in [5.74, 6) is -1.21. The largest absolute Gasteiger partial charge is 0.418 e. The molecule has 2 aromatic rings. The molecule has 132 valence electrons. The Morgan fingerprint density at radius 2 is 1.80 bits per heavy atom. The molecule has 0 aromatic heterocycles. The van der Waals surface area contributed by atoms with Gasteiger partial charge in [0, 0.05) is 17.6 Å². The smallest absolute Gasteiger partial charge is 0.332 e. The van der Waals surface area contributed by atoms with Crippen LogP contribution in [-0.4, -0.2) is 30.3 Å². The van der Waals surface area contributed by atoms with Gasteiger partial charge in [0.15, 0.2) is 0 Å². The van der Waals surface area contributed by atoms with Crippen LogP contribution in [0.1, 0.15) is 15.9 Å². The average Bonchev–Trinajstić information content (AvgIpc) is 2.53. The van der Waals surface area contributed by atoms with Gasteiger partial charge in [0.1, 0.15) is 0 Å². The van der Waals surface area contributed by atoms with Crippen LogP contribution in [0.3, 0.4) is 0 Å². The van der Waals surface area contributed by atoms with Crippen molar-refractivity contribution in [1.29, 1.82) is 0 Å². The maximum absolute atomic E-state index is 12.9. The second-order valence-electron chi connectivity index (χ2n) is 5.26. The summed E-state index contributed by atoms with van der Waals surface area (Å²) in [5.41, 5.74) is -1.03. The van der Waals surface area contributed by atoms with Crippen LogP contribution < -0.4 is 5.32 Å². The number of hydrogen-bond acceptors (Lipinski definition) is 2. The summed E-state index contributed by atoms with van der Waals surface area (Å²) in [6.07, 6.45) is -4.59. The lowest BCUT2D eigenvalue weighted by atomic mass is 10.1. The van der Waals surface area contributed by atoms with E-state index in [0.29, 0.717) is 5.02 Å². The molecule has 0 saturated heterocycles. The van der Waals surface area contributed by atoms with Crippen molar-refractivity contribution in [3.8, 4) is 0 Å². The molecule has 0 aliphatic carbocycles. The summed E-state index contributed by atoms with van der Waals surface area (Å²) in [7, 11) is 1.37. The van der Waals surface area contributed by atoms with E-state index in [2.05, 4.69) is 5.32 Å². The van der Waals surface area contributed by atoms with E-state index >= 15 is 0 Å². The number of benzene rings is 2. The first-order valence-electron chi connectivity index (χ1n) is 7.15. The quantitative estimate of drug-likeness (QED) is 0.882. The van der Waals surface area contributed by atoms with Gasteiger partial charge in [0.25, 0.3) is 5.91 Å². The van der Waals surface area contributed by atoms with Gasteiger partial charge in [-0.3, -0.25) is 9.59 Å². The van der Waals surface area contributed by atoms with Crippen LogP contribution in [0.15, 0.2) is 48.5 Å². The monoisotopic (exact) mass is 370 g/mol. The number of nitrogens with one attached hydrogen (secondary N) is 1. The van der Waals surface area contributed by atoms with Crippen LogP contribution in [0.5, 0.6) is 0 Å². The number of rotatable bonds is 4. The summed E-state index contributed by atoms with van der Waals surface area (Å²) in [4.78, 5) is 25.3. The third-order valence-electron chi connectivity index (χ3n) is 3.31. The van der Waals surface area contributed by atoms with Crippen molar-refractivity contribution in [2.75, 3.05) is 18.9 Å². The van der Waals surface area contributed by atoms with Crippen molar-refractivity contribution in [3.63, 3.8) is 0 Å². The Hall–Kier alpha value is -2.54. The zero-order valence-corrected chi connectivity index (χ0v) is 13.9. The molecule has 0 radical (unpaired) electrons. The van der Waals surface area contributed by atoms with Gasteiger partial charge in [-0.2, -0.15) is 13.2 Å². The van der Waals surface area contributed by atoms with Gasteiger partial charge in [-0.25, -0.2) is 0 Å². The van der Waals surface area contributed by atoms with Gasteiger partial charge in [-0.15, -0.1) is 0 Å². The zero-order chi connectivity index (χ0) is 18.6. The predicted molar refractivity (Wildman–Crippen MR) is 88.5 cm³/mol. The normalized spacial score (nSPS) is 11.1. The molecule has 0 atom stereocenters. The van der Waals surface area contributed by atoms with Crippen molar-refractivity contribution in [2.45, 2.75) is 6.18 Å². The minimum absolute atomic E-state index is 0.276. The predicted octanol–water partition coefficient (Wildman–Crippen LogP) is 4.07. The number of halogens is 4. The van der Waals surface area contributed by atoms with Crippen LogP contribution >= 0.6 is 11.6 Å². The number of hydrogen-bond donors (Lipinski definition) is 1. The third-order valence-corrected chi connectivity index (χ3v) is 3.54. The Labute approximate surface area is 147 Å². The van der Waals surface area contributed by atoms with Gasteiger partial charge in [0.05, 0.1) is 17.8 Å². The van der Waals surface area contributed by atoms with E-state index in [9.17, 15) is 22.8 Å². The SMILES string of the molecule is CN(CC(=O)Nc1ccccc1C(F)(F)F)C(=O)c1cccc(Cl)c1. The highest BCUT2D eigenvalue weighted by Gasteiger charge is 2.33. The van der Waals surface area contributed by atoms with Gasteiger partial charge < -0.3 is 10.2 Å². The lowest BCUT2D eigenvalue weighted by molar-refractivity contribution is -0.137. The van der Waals surface area contributed by atoms with Gasteiger partial charge in [-0.1, -0.05) is 29.8 Å². The molecule has 0 unspecified atom stereocenters.